The minimum atomic E-state index is -0.633. The lowest BCUT2D eigenvalue weighted by Crippen LogP contribution is -2.39. The van der Waals surface area contributed by atoms with Gasteiger partial charge in [-0.1, -0.05) is 11.6 Å². The largest absolute Gasteiger partial charge is 0.493 e. The van der Waals surface area contributed by atoms with Crippen molar-refractivity contribution in [3.63, 3.8) is 0 Å². The molecule has 1 aliphatic rings. The Morgan fingerprint density at radius 1 is 1.43 bits per heavy atom. The zero-order chi connectivity index (χ0) is 17.0. The summed E-state index contributed by atoms with van der Waals surface area (Å²) in [6.07, 6.45) is 1.82. The number of primary amides is 1. The highest BCUT2D eigenvalue weighted by atomic mass is 35.5. The average Bonchev–Trinajstić information content (AvgIpc) is 3.00. The first-order valence-electron chi connectivity index (χ1n) is 7.27. The lowest BCUT2D eigenvalue weighted by molar-refractivity contribution is -0.119. The number of carbonyl (C=O) groups excluding carboxylic acids is 2. The van der Waals surface area contributed by atoms with Gasteiger partial charge in [0.1, 0.15) is 0 Å². The fourth-order valence-corrected chi connectivity index (χ4v) is 2.91. The maximum absolute atomic E-state index is 12.7. The molecule has 7 nitrogen and oxygen atoms in total. The predicted octanol–water partition coefficient (Wildman–Crippen LogP) is 0.776. The smallest absolute Gasteiger partial charge is 0.255 e. The summed E-state index contributed by atoms with van der Waals surface area (Å²) < 4.78 is 10.5. The van der Waals surface area contributed by atoms with Crippen LogP contribution in [0.4, 0.5) is 0 Å². The molecule has 0 saturated carbocycles. The van der Waals surface area contributed by atoms with Gasteiger partial charge in [-0.05, 0) is 25.0 Å². The van der Waals surface area contributed by atoms with E-state index >= 15 is 0 Å². The number of likely N-dealkylation sites (tertiary alicyclic amines) is 1. The van der Waals surface area contributed by atoms with E-state index in [-0.39, 0.29) is 35.1 Å². The van der Waals surface area contributed by atoms with Gasteiger partial charge in [0.15, 0.2) is 18.1 Å². The van der Waals surface area contributed by atoms with E-state index in [9.17, 15) is 9.59 Å². The van der Waals surface area contributed by atoms with E-state index in [1.54, 1.807) is 4.90 Å². The SMILES string of the molecule is COc1cc(C(=O)N2CCC[C@@H]2CN)cc(Cl)c1OCC(N)=O. The lowest BCUT2D eigenvalue weighted by Gasteiger charge is -2.24. The Hall–Kier alpha value is -1.99. The molecule has 1 fully saturated rings. The fourth-order valence-electron chi connectivity index (χ4n) is 2.64. The Labute approximate surface area is 139 Å². The number of hydrogen-bond acceptors (Lipinski definition) is 5. The van der Waals surface area contributed by atoms with Gasteiger partial charge in [-0.2, -0.15) is 0 Å². The second-order valence-corrected chi connectivity index (χ2v) is 5.68. The number of benzene rings is 1. The molecule has 0 radical (unpaired) electrons. The molecule has 1 atom stereocenters. The van der Waals surface area contributed by atoms with Gasteiger partial charge in [0.2, 0.25) is 0 Å². The Morgan fingerprint density at radius 2 is 2.17 bits per heavy atom. The molecular formula is C15H20ClN3O4. The number of carbonyl (C=O) groups is 2. The summed E-state index contributed by atoms with van der Waals surface area (Å²) >= 11 is 6.17. The molecule has 23 heavy (non-hydrogen) atoms. The summed E-state index contributed by atoms with van der Waals surface area (Å²) in [6.45, 7) is 0.766. The number of hydrogen-bond donors (Lipinski definition) is 2. The maximum atomic E-state index is 12.7. The molecule has 0 bridgehead atoms. The molecule has 2 rings (SSSR count). The van der Waals surface area contributed by atoms with Gasteiger partial charge in [0.05, 0.1) is 12.1 Å². The maximum Gasteiger partial charge on any atom is 0.255 e. The summed E-state index contributed by atoms with van der Waals surface area (Å²) in [5.41, 5.74) is 11.2. The zero-order valence-electron chi connectivity index (χ0n) is 12.9. The lowest BCUT2D eigenvalue weighted by atomic mass is 10.1. The molecule has 1 aromatic rings. The number of rotatable bonds is 6. The van der Waals surface area contributed by atoms with E-state index in [1.807, 2.05) is 0 Å². The first kappa shape index (κ1) is 17.4. The van der Waals surface area contributed by atoms with Crippen molar-refractivity contribution in [2.45, 2.75) is 18.9 Å². The van der Waals surface area contributed by atoms with Crippen LogP contribution in [0.3, 0.4) is 0 Å². The molecule has 2 amide bonds. The first-order valence-corrected chi connectivity index (χ1v) is 7.65. The molecule has 0 aromatic heterocycles. The highest BCUT2D eigenvalue weighted by molar-refractivity contribution is 6.32. The van der Waals surface area contributed by atoms with Gasteiger partial charge < -0.3 is 25.8 Å². The second kappa shape index (κ2) is 7.52. The average molecular weight is 342 g/mol. The number of methoxy groups -OCH3 is 1. The minimum absolute atomic E-state index is 0.0399. The summed E-state index contributed by atoms with van der Waals surface area (Å²) in [6, 6.07) is 3.07. The van der Waals surface area contributed by atoms with Crippen LogP contribution in [0.15, 0.2) is 12.1 Å². The Morgan fingerprint density at radius 3 is 2.78 bits per heavy atom. The fraction of sp³-hybridized carbons (Fsp3) is 0.467. The van der Waals surface area contributed by atoms with Gasteiger partial charge in [-0.25, -0.2) is 0 Å². The molecule has 4 N–H and O–H groups in total. The Kier molecular flexibility index (Phi) is 5.68. The van der Waals surface area contributed by atoms with Crippen molar-refractivity contribution in [3.05, 3.63) is 22.7 Å². The third-order valence-electron chi connectivity index (χ3n) is 3.75. The van der Waals surface area contributed by atoms with Crippen molar-refractivity contribution in [2.75, 3.05) is 26.8 Å². The van der Waals surface area contributed by atoms with Crippen LogP contribution in [-0.4, -0.2) is 49.6 Å². The van der Waals surface area contributed by atoms with Crippen LogP contribution in [0.2, 0.25) is 5.02 Å². The molecule has 1 saturated heterocycles. The standard InChI is InChI=1S/C15H20ClN3O4/c1-22-12-6-9(5-11(16)14(12)23-8-13(18)20)15(21)19-4-2-3-10(19)7-17/h5-6,10H,2-4,7-8,17H2,1H3,(H2,18,20)/t10-/m1/s1. The molecule has 8 heteroatoms. The van der Waals surface area contributed by atoms with Gasteiger partial charge >= 0.3 is 0 Å². The monoisotopic (exact) mass is 341 g/mol. The Bertz CT molecular complexity index is 609. The van der Waals surface area contributed by atoms with Crippen molar-refractivity contribution in [3.8, 4) is 11.5 Å². The van der Waals surface area contributed by atoms with Crippen LogP contribution in [0.1, 0.15) is 23.2 Å². The van der Waals surface area contributed by atoms with Crippen molar-refractivity contribution < 1.29 is 19.1 Å². The van der Waals surface area contributed by atoms with E-state index in [1.165, 1.54) is 19.2 Å². The molecule has 0 aliphatic carbocycles. The molecular weight excluding hydrogens is 322 g/mol. The van der Waals surface area contributed by atoms with Gasteiger partial charge in [0.25, 0.3) is 11.8 Å². The summed E-state index contributed by atoms with van der Waals surface area (Å²) in [5.74, 6) is -0.336. The van der Waals surface area contributed by atoms with Gasteiger partial charge in [-0.15, -0.1) is 0 Å². The molecule has 0 unspecified atom stereocenters. The quantitative estimate of drug-likeness (QED) is 0.794. The van der Waals surface area contributed by atoms with Crippen molar-refractivity contribution >= 4 is 23.4 Å². The van der Waals surface area contributed by atoms with Crippen LogP contribution >= 0.6 is 11.6 Å². The van der Waals surface area contributed by atoms with Crippen molar-refractivity contribution in [2.24, 2.45) is 11.5 Å². The molecule has 1 heterocycles. The molecule has 1 aromatic carbocycles. The van der Waals surface area contributed by atoms with E-state index in [4.69, 9.17) is 32.5 Å². The summed E-state index contributed by atoms with van der Waals surface area (Å²) in [4.78, 5) is 25.2. The highest BCUT2D eigenvalue weighted by Gasteiger charge is 2.29. The molecule has 0 spiro atoms. The normalized spacial score (nSPS) is 17.2. The number of nitrogens with zero attached hydrogens (tertiary/aromatic N) is 1. The number of amides is 2. The number of ether oxygens (including phenoxy) is 2. The van der Waals surface area contributed by atoms with Crippen LogP contribution in [-0.2, 0) is 4.79 Å². The zero-order valence-corrected chi connectivity index (χ0v) is 13.6. The van der Waals surface area contributed by atoms with Crippen LogP contribution in [0, 0.1) is 0 Å². The van der Waals surface area contributed by atoms with Crippen LogP contribution in [0.25, 0.3) is 0 Å². The van der Waals surface area contributed by atoms with Crippen LogP contribution in [0.5, 0.6) is 11.5 Å². The first-order chi connectivity index (χ1) is 11.0. The predicted molar refractivity (Wildman–Crippen MR) is 85.8 cm³/mol. The van der Waals surface area contributed by atoms with Crippen molar-refractivity contribution in [1.82, 2.24) is 4.90 Å². The van der Waals surface area contributed by atoms with E-state index in [0.717, 1.165) is 12.8 Å². The topological polar surface area (TPSA) is 108 Å². The minimum Gasteiger partial charge on any atom is -0.493 e. The number of nitrogens with two attached hydrogens (primary N) is 2. The van der Waals surface area contributed by atoms with E-state index in [2.05, 4.69) is 0 Å². The van der Waals surface area contributed by atoms with Crippen LogP contribution < -0.4 is 20.9 Å². The van der Waals surface area contributed by atoms with Gasteiger partial charge in [0, 0.05) is 24.7 Å². The summed E-state index contributed by atoms with van der Waals surface area (Å²) in [7, 11) is 1.43. The van der Waals surface area contributed by atoms with Gasteiger partial charge in [-0.3, -0.25) is 9.59 Å². The number of halogens is 1. The van der Waals surface area contributed by atoms with Crippen molar-refractivity contribution in [1.29, 1.82) is 0 Å². The van der Waals surface area contributed by atoms with E-state index in [0.29, 0.717) is 18.7 Å². The Balaban J connectivity index is 2.28. The third kappa shape index (κ3) is 3.86. The molecule has 126 valence electrons. The third-order valence-corrected chi connectivity index (χ3v) is 4.03. The second-order valence-electron chi connectivity index (χ2n) is 5.27. The highest BCUT2D eigenvalue weighted by Crippen LogP contribution is 2.37. The summed E-state index contributed by atoms with van der Waals surface area (Å²) in [5, 5.41) is 0.178. The molecule has 1 aliphatic heterocycles. The van der Waals surface area contributed by atoms with E-state index < -0.39 is 5.91 Å².